The molecule has 0 fully saturated rings. The van der Waals surface area contributed by atoms with Crippen LogP contribution < -0.4 is 10.2 Å². The minimum Gasteiger partial charge on any atom is -0.489 e. The molecule has 39 heavy (non-hydrogen) atoms. The zero-order valence-electron chi connectivity index (χ0n) is 22.2. The van der Waals surface area contributed by atoms with Crippen LogP contribution in [0.15, 0.2) is 100 Å². The molecule has 1 aromatic heterocycles. The number of carbonyl (C=O) groups is 1. The van der Waals surface area contributed by atoms with Gasteiger partial charge in [0, 0.05) is 6.54 Å². The van der Waals surface area contributed by atoms with Gasteiger partial charge in [0.05, 0.1) is 17.0 Å². The lowest BCUT2D eigenvalue weighted by Gasteiger charge is -2.25. The molecule has 0 radical (unpaired) electrons. The third-order valence-electron chi connectivity index (χ3n) is 7.33. The molecule has 1 atom stereocenters. The van der Waals surface area contributed by atoms with E-state index in [9.17, 15) is 9.59 Å². The van der Waals surface area contributed by atoms with Crippen molar-refractivity contribution in [1.29, 1.82) is 0 Å². The molecule has 1 aliphatic rings. The molecule has 1 aliphatic heterocycles. The van der Waals surface area contributed by atoms with E-state index in [1.54, 1.807) is 4.90 Å². The maximum absolute atomic E-state index is 14.0. The standard InChI is InChI=1S/C34H29NO4/c1-21-9-11-24(12-10-21)19-35-31(26-13-15-27(16-14-26)38-20-25-7-5-4-6-8-25)30-32(36)29-23(3)17-22(2)18-28(29)39-33(30)34(35)37/h4-18,31H,19-20H2,1-3H3. The Kier molecular flexibility index (Phi) is 6.27. The fourth-order valence-corrected chi connectivity index (χ4v) is 5.40. The lowest BCUT2D eigenvalue weighted by atomic mass is 9.96. The van der Waals surface area contributed by atoms with Crippen molar-refractivity contribution in [3.63, 3.8) is 0 Å². The van der Waals surface area contributed by atoms with Gasteiger partial charge in [-0.15, -0.1) is 0 Å². The fourth-order valence-electron chi connectivity index (χ4n) is 5.40. The second-order valence-electron chi connectivity index (χ2n) is 10.3. The minimum atomic E-state index is -0.571. The molecule has 1 unspecified atom stereocenters. The summed E-state index contributed by atoms with van der Waals surface area (Å²) in [6.45, 7) is 6.71. The summed E-state index contributed by atoms with van der Waals surface area (Å²) >= 11 is 0. The first-order chi connectivity index (χ1) is 18.9. The second-order valence-corrected chi connectivity index (χ2v) is 10.3. The zero-order chi connectivity index (χ0) is 27.1. The molecular weight excluding hydrogens is 486 g/mol. The summed E-state index contributed by atoms with van der Waals surface area (Å²) in [5.41, 5.74) is 6.55. The third-order valence-corrected chi connectivity index (χ3v) is 7.33. The Morgan fingerprint density at radius 2 is 1.51 bits per heavy atom. The number of rotatable bonds is 6. The maximum atomic E-state index is 14.0. The molecule has 1 amide bonds. The molecule has 194 valence electrons. The van der Waals surface area contributed by atoms with Gasteiger partial charge in [0.15, 0.2) is 5.43 Å². The number of aryl methyl sites for hydroxylation is 3. The molecule has 0 bridgehead atoms. The maximum Gasteiger partial charge on any atom is 0.291 e. The Bertz CT molecular complexity index is 1740. The lowest BCUT2D eigenvalue weighted by molar-refractivity contribution is 0.0714. The number of amides is 1. The Balaban J connectivity index is 1.42. The second kappa shape index (κ2) is 9.91. The van der Waals surface area contributed by atoms with Crippen molar-refractivity contribution < 1.29 is 13.9 Å². The largest absolute Gasteiger partial charge is 0.489 e. The van der Waals surface area contributed by atoms with Crippen molar-refractivity contribution in [3.05, 3.63) is 146 Å². The highest BCUT2D eigenvalue weighted by Crippen LogP contribution is 2.40. The van der Waals surface area contributed by atoms with Gasteiger partial charge in [0.25, 0.3) is 5.91 Å². The van der Waals surface area contributed by atoms with Crippen molar-refractivity contribution in [2.24, 2.45) is 0 Å². The highest BCUT2D eigenvalue weighted by molar-refractivity contribution is 5.99. The predicted octanol–water partition coefficient (Wildman–Crippen LogP) is 7.04. The SMILES string of the molecule is Cc1ccc(CN2C(=O)c3oc4cc(C)cc(C)c4c(=O)c3C2c2ccc(OCc3ccccc3)cc2)cc1. The number of nitrogens with zero attached hydrogens (tertiary/aromatic N) is 1. The Hall–Kier alpha value is -4.64. The van der Waals surface area contributed by atoms with Crippen LogP contribution in [0.3, 0.4) is 0 Å². The van der Waals surface area contributed by atoms with Crippen LogP contribution in [0.4, 0.5) is 0 Å². The summed E-state index contributed by atoms with van der Waals surface area (Å²) in [6, 6.07) is 28.9. The molecular formula is C34H29NO4. The van der Waals surface area contributed by atoms with E-state index in [-0.39, 0.29) is 17.1 Å². The Labute approximate surface area is 227 Å². The van der Waals surface area contributed by atoms with Crippen molar-refractivity contribution in [3.8, 4) is 5.75 Å². The van der Waals surface area contributed by atoms with E-state index >= 15 is 0 Å². The van der Waals surface area contributed by atoms with E-state index in [1.165, 1.54) is 0 Å². The monoisotopic (exact) mass is 515 g/mol. The molecule has 2 heterocycles. The Morgan fingerprint density at radius 1 is 0.795 bits per heavy atom. The van der Waals surface area contributed by atoms with E-state index in [2.05, 4.69) is 0 Å². The number of hydrogen-bond donors (Lipinski definition) is 0. The van der Waals surface area contributed by atoms with Crippen LogP contribution in [0, 0.1) is 20.8 Å². The van der Waals surface area contributed by atoms with Gasteiger partial charge in [0.2, 0.25) is 5.76 Å². The molecule has 5 nitrogen and oxygen atoms in total. The van der Waals surface area contributed by atoms with Crippen molar-refractivity contribution in [2.45, 2.75) is 40.0 Å². The topological polar surface area (TPSA) is 59.8 Å². The first kappa shape index (κ1) is 24.7. The summed E-state index contributed by atoms with van der Waals surface area (Å²) in [6.07, 6.45) is 0. The third kappa shape index (κ3) is 4.61. The van der Waals surface area contributed by atoms with Crippen LogP contribution in [0.5, 0.6) is 5.75 Å². The normalized spacial score (nSPS) is 14.6. The minimum absolute atomic E-state index is 0.124. The highest BCUT2D eigenvalue weighted by Gasteiger charge is 2.42. The highest BCUT2D eigenvalue weighted by atomic mass is 16.5. The van der Waals surface area contributed by atoms with E-state index in [0.29, 0.717) is 35.4 Å². The van der Waals surface area contributed by atoms with Crippen LogP contribution in [0.2, 0.25) is 0 Å². The fraction of sp³-hybridized carbons (Fsp3) is 0.176. The predicted molar refractivity (Wildman–Crippen MR) is 152 cm³/mol. The average molecular weight is 516 g/mol. The molecule has 0 saturated carbocycles. The number of carbonyl (C=O) groups excluding carboxylic acids is 1. The van der Waals surface area contributed by atoms with Crippen LogP contribution in [0.1, 0.15) is 55.5 Å². The van der Waals surface area contributed by atoms with Crippen molar-refractivity contribution in [2.75, 3.05) is 0 Å². The molecule has 6 rings (SSSR count). The van der Waals surface area contributed by atoms with Gasteiger partial charge in [0.1, 0.15) is 17.9 Å². The van der Waals surface area contributed by atoms with Crippen molar-refractivity contribution >= 4 is 16.9 Å². The molecule has 0 saturated heterocycles. The molecule has 4 aromatic carbocycles. The van der Waals surface area contributed by atoms with Gasteiger partial charge < -0.3 is 14.1 Å². The summed E-state index contributed by atoms with van der Waals surface area (Å²) in [5, 5.41) is 0.525. The quantitative estimate of drug-likeness (QED) is 0.243. The summed E-state index contributed by atoms with van der Waals surface area (Å²) in [5.74, 6) is 0.561. The van der Waals surface area contributed by atoms with Crippen LogP contribution >= 0.6 is 0 Å². The molecule has 0 spiro atoms. The number of benzene rings is 4. The average Bonchev–Trinajstić information content (AvgIpc) is 3.20. The van der Waals surface area contributed by atoms with Crippen molar-refractivity contribution in [1.82, 2.24) is 4.90 Å². The van der Waals surface area contributed by atoms with E-state index in [0.717, 1.165) is 33.4 Å². The van der Waals surface area contributed by atoms with Crippen LogP contribution in [-0.2, 0) is 13.2 Å². The van der Waals surface area contributed by atoms with Gasteiger partial charge in [-0.3, -0.25) is 9.59 Å². The van der Waals surface area contributed by atoms with Crippen LogP contribution in [0.25, 0.3) is 11.0 Å². The van der Waals surface area contributed by atoms with Crippen LogP contribution in [-0.4, -0.2) is 10.8 Å². The number of ether oxygens (including phenoxy) is 1. The Morgan fingerprint density at radius 3 is 2.23 bits per heavy atom. The zero-order valence-corrected chi connectivity index (χ0v) is 22.2. The molecule has 5 heteroatoms. The molecule has 5 aromatic rings. The first-order valence-electron chi connectivity index (χ1n) is 13.1. The van der Waals surface area contributed by atoms with Gasteiger partial charge in [-0.05, 0) is 66.8 Å². The first-order valence-corrected chi connectivity index (χ1v) is 13.1. The van der Waals surface area contributed by atoms with E-state index < -0.39 is 6.04 Å². The number of hydrogen-bond acceptors (Lipinski definition) is 4. The summed E-state index contributed by atoms with van der Waals surface area (Å²) < 4.78 is 12.2. The van der Waals surface area contributed by atoms with Gasteiger partial charge in [-0.2, -0.15) is 0 Å². The molecule has 0 aliphatic carbocycles. The summed E-state index contributed by atoms with van der Waals surface area (Å²) in [7, 11) is 0. The van der Waals surface area contributed by atoms with E-state index in [4.69, 9.17) is 9.15 Å². The van der Waals surface area contributed by atoms with E-state index in [1.807, 2.05) is 112 Å². The summed E-state index contributed by atoms with van der Waals surface area (Å²) in [4.78, 5) is 29.5. The van der Waals surface area contributed by atoms with Gasteiger partial charge in [-0.1, -0.05) is 78.4 Å². The smallest absolute Gasteiger partial charge is 0.291 e. The number of fused-ring (bicyclic) bond motifs is 2. The van der Waals surface area contributed by atoms with Gasteiger partial charge in [-0.25, -0.2) is 0 Å². The van der Waals surface area contributed by atoms with Gasteiger partial charge >= 0.3 is 0 Å². The lowest BCUT2D eigenvalue weighted by Crippen LogP contribution is -2.29. The molecule has 0 N–H and O–H groups in total.